The second kappa shape index (κ2) is 5.76. The van der Waals surface area contributed by atoms with Crippen LogP contribution < -0.4 is 0 Å². The van der Waals surface area contributed by atoms with E-state index in [0.717, 1.165) is 16.8 Å². The Bertz CT molecular complexity index is 915. The molecule has 1 heterocycles. The Labute approximate surface area is 131 Å². The number of benzene rings is 2. The largest absolute Gasteiger partial charge is 0.476 e. The van der Waals surface area contributed by atoms with Crippen molar-refractivity contribution in [3.63, 3.8) is 0 Å². The Morgan fingerprint density at radius 2 is 1.58 bits per heavy atom. The highest BCUT2D eigenvalue weighted by Gasteiger charge is 2.23. The molecule has 3 rings (SSSR count). The predicted octanol–water partition coefficient (Wildman–Crippen LogP) is 3.19. The van der Waals surface area contributed by atoms with Crippen LogP contribution in [0.5, 0.6) is 0 Å². The van der Waals surface area contributed by atoms with Crippen molar-refractivity contribution in [2.45, 2.75) is 0 Å². The molecule has 9 heteroatoms. The topological polar surface area (TPSA) is 68.0 Å². The third-order valence-corrected chi connectivity index (χ3v) is 3.20. The van der Waals surface area contributed by atoms with E-state index in [1.807, 2.05) is 0 Å². The fourth-order valence-corrected chi connectivity index (χ4v) is 2.14. The zero-order valence-electron chi connectivity index (χ0n) is 11.7. The number of nitrogens with zero attached hydrogens (tertiary/aromatic N) is 3. The summed E-state index contributed by atoms with van der Waals surface area (Å²) >= 11 is 0. The monoisotopic (exact) mass is 337 g/mol. The summed E-state index contributed by atoms with van der Waals surface area (Å²) in [7, 11) is 0. The number of halogens is 4. The van der Waals surface area contributed by atoms with Crippen molar-refractivity contribution < 1.29 is 27.5 Å². The van der Waals surface area contributed by atoms with Gasteiger partial charge in [-0.3, -0.25) is 0 Å². The van der Waals surface area contributed by atoms with Gasteiger partial charge in [0, 0.05) is 17.7 Å². The van der Waals surface area contributed by atoms with E-state index in [-0.39, 0.29) is 16.9 Å². The van der Waals surface area contributed by atoms with Gasteiger partial charge in [-0.25, -0.2) is 27.0 Å². The van der Waals surface area contributed by atoms with Gasteiger partial charge in [0.2, 0.25) is 0 Å². The van der Waals surface area contributed by atoms with Crippen molar-refractivity contribution in [1.29, 1.82) is 0 Å². The number of carboxylic acids is 1. The molecular formula is C15H7F4N3O2. The van der Waals surface area contributed by atoms with Crippen LogP contribution in [0.1, 0.15) is 10.5 Å². The van der Waals surface area contributed by atoms with Gasteiger partial charge in [0.25, 0.3) is 0 Å². The molecular weight excluding hydrogens is 330 g/mol. The Kier molecular flexibility index (Phi) is 3.76. The van der Waals surface area contributed by atoms with Crippen LogP contribution in [0.2, 0.25) is 0 Å². The second-order valence-electron chi connectivity index (χ2n) is 4.73. The smallest absolute Gasteiger partial charge is 0.358 e. The average molecular weight is 337 g/mol. The van der Waals surface area contributed by atoms with E-state index in [9.17, 15) is 27.5 Å². The molecule has 0 aliphatic rings. The van der Waals surface area contributed by atoms with Crippen molar-refractivity contribution in [3.8, 4) is 16.9 Å². The Hall–Kier alpha value is -3.23. The lowest BCUT2D eigenvalue weighted by Gasteiger charge is -2.08. The quantitative estimate of drug-likeness (QED) is 0.589. The highest BCUT2D eigenvalue weighted by atomic mass is 19.2. The van der Waals surface area contributed by atoms with E-state index in [1.54, 1.807) is 0 Å². The number of carbonyl (C=O) groups is 1. The number of carboxylic acid groups (broad SMARTS) is 1. The molecule has 0 aliphatic heterocycles. The van der Waals surface area contributed by atoms with Crippen molar-refractivity contribution in [2.24, 2.45) is 0 Å². The van der Waals surface area contributed by atoms with Gasteiger partial charge in [-0.05, 0) is 24.3 Å². The fraction of sp³-hybridized carbons (Fsp3) is 0. The molecule has 24 heavy (non-hydrogen) atoms. The molecule has 1 aromatic heterocycles. The molecule has 5 nitrogen and oxygen atoms in total. The lowest BCUT2D eigenvalue weighted by atomic mass is 10.1. The maximum atomic E-state index is 13.4. The summed E-state index contributed by atoms with van der Waals surface area (Å²) in [6, 6.07) is 5.95. The number of hydrogen-bond donors (Lipinski definition) is 1. The van der Waals surface area contributed by atoms with E-state index in [1.165, 1.54) is 12.1 Å². The summed E-state index contributed by atoms with van der Waals surface area (Å²) < 4.78 is 53.9. The number of hydrogen-bond acceptors (Lipinski definition) is 3. The lowest BCUT2D eigenvalue weighted by Crippen LogP contribution is -2.05. The van der Waals surface area contributed by atoms with Gasteiger partial charge in [0.15, 0.2) is 23.1 Å². The predicted molar refractivity (Wildman–Crippen MR) is 73.6 cm³/mol. The van der Waals surface area contributed by atoms with E-state index in [0.29, 0.717) is 12.1 Å². The fourth-order valence-electron chi connectivity index (χ4n) is 2.14. The third kappa shape index (κ3) is 2.60. The zero-order valence-corrected chi connectivity index (χ0v) is 11.7. The van der Waals surface area contributed by atoms with Crippen LogP contribution in [0.4, 0.5) is 17.6 Å². The van der Waals surface area contributed by atoms with Crippen LogP contribution in [-0.4, -0.2) is 26.1 Å². The molecule has 3 aromatic rings. The van der Waals surface area contributed by atoms with Crippen LogP contribution in [0.25, 0.3) is 16.9 Å². The average Bonchev–Trinajstić information content (AvgIpc) is 2.98. The van der Waals surface area contributed by atoms with Crippen LogP contribution in [0.15, 0.2) is 36.4 Å². The van der Waals surface area contributed by atoms with E-state index in [4.69, 9.17) is 0 Å². The molecule has 0 amide bonds. The minimum atomic E-state index is -1.67. The summed E-state index contributed by atoms with van der Waals surface area (Å²) in [6.45, 7) is 0. The molecule has 0 saturated heterocycles. The summed E-state index contributed by atoms with van der Waals surface area (Å²) in [6.07, 6.45) is 0. The Morgan fingerprint density at radius 1 is 1.00 bits per heavy atom. The molecule has 0 atom stereocenters. The SMILES string of the molecule is O=C(O)c1nnn(-c2cc(F)c(F)c(F)c2)c1-c1ccc(F)cc1. The zero-order chi connectivity index (χ0) is 17.4. The third-order valence-electron chi connectivity index (χ3n) is 3.20. The van der Waals surface area contributed by atoms with Crippen molar-refractivity contribution in [3.05, 3.63) is 65.4 Å². The van der Waals surface area contributed by atoms with Crippen LogP contribution >= 0.6 is 0 Å². The van der Waals surface area contributed by atoms with E-state index >= 15 is 0 Å². The van der Waals surface area contributed by atoms with Gasteiger partial charge in [0.05, 0.1) is 5.69 Å². The highest BCUT2D eigenvalue weighted by molar-refractivity contribution is 5.93. The van der Waals surface area contributed by atoms with Crippen LogP contribution in [-0.2, 0) is 0 Å². The first kappa shape index (κ1) is 15.7. The summed E-state index contributed by atoms with van der Waals surface area (Å²) in [4.78, 5) is 11.3. The Morgan fingerprint density at radius 3 is 2.12 bits per heavy atom. The highest BCUT2D eigenvalue weighted by Crippen LogP contribution is 2.27. The first-order valence-corrected chi connectivity index (χ1v) is 6.48. The maximum Gasteiger partial charge on any atom is 0.358 e. The van der Waals surface area contributed by atoms with E-state index < -0.39 is 34.9 Å². The molecule has 2 aromatic carbocycles. The molecule has 0 unspecified atom stereocenters. The van der Waals surface area contributed by atoms with Gasteiger partial charge in [-0.1, -0.05) is 5.21 Å². The minimum Gasteiger partial charge on any atom is -0.476 e. The van der Waals surface area contributed by atoms with Gasteiger partial charge >= 0.3 is 5.97 Å². The van der Waals surface area contributed by atoms with Crippen molar-refractivity contribution in [2.75, 3.05) is 0 Å². The maximum absolute atomic E-state index is 13.4. The first-order valence-electron chi connectivity index (χ1n) is 6.48. The normalized spacial score (nSPS) is 10.8. The summed E-state index contributed by atoms with van der Waals surface area (Å²) in [5, 5.41) is 16.2. The molecule has 1 N–H and O–H groups in total. The van der Waals surface area contributed by atoms with Gasteiger partial charge in [0.1, 0.15) is 11.5 Å². The van der Waals surface area contributed by atoms with Crippen molar-refractivity contribution in [1.82, 2.24) is 15.0 Å². The molecule has 122 valence electrons. The number of aromatic carboxylic acids is 1. The van der Waals surface area contributed by atoms with E-state index in [2.05, 4.69) is 10.3 Å². The molecule has 0 spiro atoms. The van der Waals surface area contributed by atoms with Crippen molar-refractivity contribution >= 4 is 5.97 Å². The Balaban J connectivity index is 2.26. The molecule has 0 saturated carbocycles. The standard InChI is InChI=1S/C15H7F4N3O2/c16-8-3-1-7(2-4-8)14-13(15(23)24)20-21-22(14)9-5-10(17)12(19)11(18)6-9/h1-6H,(H,23,24). The number of aromatic nitrogens is 3. The van der Waals surface area contributed by atoms with Gasteiger partial charge in [-0.15, -0.1) is 5.10 Å². The van der Waals surface area contributed by atoms with Gasteiger partial charge in [-0.2, -0.15) is 0 Å². The lowest BCUT2D eigenvalue weighted by molar-refractivity contribution is 0.0691. The molecule has 0 fully saturated rings. The van der Waals surface area contributed by atoms with Crippen LogP contribution in [0, 0.1) is 23.3 Å². The first-order chi connectivity index (χ1) is 11.4. The number of rotatable bonds is 3. The summed E-state index contributed by atoms with van der Waals surface area (Å²) in [5.41, 5.74) is -0.714. The van der Waals surface area contributed by atoms with Gasteiger partial charge < -0.3 is 5.11 Å². The molecule has 0 bridgehead atoms. The summed E-state index contributed by atoms with van der Waals surface area (Å²) in [5.74, 6) is -6.61. The van der Waals surface area contributed by atoms with Crippen LogP contribution in [0.3, 0.4) is 0 Å². The molecule has 0 radical (unpaired) electrons. The molecule has 0 aliphatic carbocycles. The minimum absolute atomic E-state index is 0.132. The second-order valence-corrected chi connectivity index (χ2v) is 4.73.